The molecule has 0 aromatic carbocycles. The Morgan fingerprint density at radius 3 is 3.00 bits per heavy atom. The molecule has 1 fully saturated rings. The Morgan fingerprint density at radius 2 is 2.38 bits per heavy atom. The Morgan fingerprint density at radius 1 is 1.56 bits per heavy atom. The van der Waals surface area contributed by atoms with Crippen molar-refractivity contribution in [2.45, 2.75) is 25.7 Å². The maximum absolute atomic E-state index is 5.55. The van der Waals surface area contributed by atoms with Gasteiger partial charge in [0.15, 0.2) is 5.82 Å². The predicted octanol–water partition coefficient (Wildman–Crippen LogP) is 0.938. The molecule has 0 bridgehead atoms. The van der Waals surface area contributed by atoms with Crippen molar-refractivity contribution in [2.24, 2.45) is 5.73 Å². The third-order valence-electron chi connectivity index (χ3n) is 2.84. The van der Waals surface area contributed by atoms with E-state index in [1.54, 1.807) is 0 Å². The summed E-state index contributed by atoms with van der Waals surface area (Å²) in [5, 5.41) is 3.83. The highest BCUT2D eigenvalue weighted by molar-refractivity contribution is 5.85. The van der Waals surface area contributed by atoms with Crippen molar-refractivity contribution in [1.82, 2.24) is 15.0 Å². The van der Waals surface area contributed by atoms with Crippen molar-refractivity contribution in [3.63, 3.8) is 0 Å². The van der Waals surface area contributed by atoms with Gasteiger partial charge in [0.1, 0.15) is 0 Å². The summed E-state index contributed by atoms with van der Waals surface area (Å²) in [7, 11) is 0. The number of nitrogens with two attached hydrogens (primary N) is 1. The van der Waals surface area contributed by atoms with Gasteiger partial charge in [-0.15, -0.1) is 12.4 Å². The van der Waals surface area contributed by atoms with E-state index in [2.05, 4.69) is 15.0 Å². The number of aromatic nitrogens is 2. The molecule has 2 N–H and O–H groups in total. The number of nitrogens with zero attached hydrogens (tertiary/aromatic N) is 3. The number of rotatable bonds is 3. The smallest absolute Gasteiger partial charge is 0.231 e. The molecule has 1 saturated heterocycles. The number of hydrogen-bond acceptors (Lipinski definition) is 5. The molecule has 2 heterocycles. The minimum Gasteiger partial charge on any atom is -0.339 e. The second kappa shape index (κ2) is 6.18. The van der Waals surface area contributed by atoms with E-state index in [1.807, 2.05) is 6.92 Å². The van der Waals surface area contributed by atoms with Gasteiger partial charge in [0.05, 0.1) is 5.92 Å². The average Bonchev–Trinajstić information content (AvgIpc) is 2.66. The van der Waals surface area contributed by atoms with Crippen molar-refractivity contribution in [1.29, 1.82) is 0 Å². The molecule has 1 aromatic heterocycles. The SMILES string of the molecule is Cc1noc(C2CCCN(CCN)C2)n1.Cl. The number of piperidine rings is 1. The zero-order valence-electron chi connectivity index (χ0n) is 9.56. The van der Waals surface area contributed by atoms with Crippen molar-refractivity contribution in [2.75, 3.05) is 26.2 Å². The summed E-state index contributed by atoms with van der Waals surface area (Å²) < 4.78 is 5.21. The van der Waals surface area contributed by atoms with E-state index in [-0.39, 0.29) is 12.4 Å². The molecule has 0 amide bonds. The third-order valence-corrected chi connectivity index (χ3v) is 2.84. The highest BCUT2D eigenvalue weighted by Gasteiger charge is 2.24. The molecule has 92 valence electrons. The van der Waals surface area contributed by atoms with Gasteiger partial charge in [-0.3, -0.25) is 0 Å². The lowest BCUT2D eigenvalue weighted by Crippen LogP contribution is -2.37. The lowest BCUT2D eigenvalue weighted by Gasteiger charge is -2.30. The molecule has 0 saturated carbocycles. The molecule has 6 heteroatoms. The molecule has 1 aromatic rings. The molecule has 1 aliphatic heterocycles. The molecular formula is C10H19ClN4O. The zero-order chi connectivity index (χ0) is 10.7. The summed E-state index contributed by atoms with van der Waals surface area (Å²) in [6.45, 7) is 5.67. The fraction of sp³-hybridized carbons (Fsp3) is 0.800. The second-order valence-corrected chi connectivity index (χ2v) is 4.11. The van der Waals surface area contributed by atoms with E-state index < -0.39 is 0 Å². The molecular weight excluding hydrogens is 228 g/mol. The molecule has 2 rings (SSSR count). The van der Waals surface area contributed by atoms with Crippen LogP contribution in [-0.4, -0.2) is 41.2 Å². The summed E-state index contributed by atoms with van der Waals surface area (Å²) >= 11 is 0. The standard InChI is InChI=1S/C10H18N4O.ClH/c1-8-12-10(15-13-8)9-3-2-5-14(7-9)6-4-11;/h9H,2-7,11H2,1H3;1H. The summed E-state index contributed by atoms with van der Waals surface area (Å²) in [5.74, 6) is 1.90. The van der Waals surface area contributed by atoms with E-state index in [9.17, 15) is 0 Å². The van der Waals surface area contributed by atoms with E-state index in [4.69, 9.17) is 10.3 Å². The Kier molecular flexibility index (Phi) is 5.18. The van der Waals surface area contributed by atoms with Crippen LogP contribution in [0.3, 0.4) is 0 Å². The van der Waals surface area contributed by atoms with Crippen LogP contribution < -0.4 is 5.73 Å². The Bertz CT molecular complexity index is 316. The quantitative estimate of drug-likeness (QED) is 0.860. The van der Waals surface area contributed by atoms with Gasteiger partial charge in [0.25, 0.3) is 0 Å². The molecule has 0 radical (unpaired) electrons. The fourth-order valence-electron chi connectivity index (χ4n) is 2.12. The molecule has 1 unspecified atom stereocenters. The van der Waals surface area contributed by atoms with Gasteiger partial charge in [-0.1, -0.05) is 5.16 Å². The fourth-order valence-corrected chi connectivity index (χ4v) is 2.12. The molecule has 1 aliphatic rings. The highest BCUT2D eigenvalue weighted by atomic mass is 35.5. The van der Waals surface area contributed by atoms with Crippen LogP contribution in [0.2, 0.25) is 0 Å². The molecule has 0 aliphatic carbocycles. The van der Waals surface area contributed by atoms with Gasteiger partial charge in [-0.25, -0.2) is 0 Å². The normalized spacial score (nSPS) is 21.8. The summed E-state index contributed by atoms with van der Waals surface area (Å²) in [5.41, 5.74) is 5.55. The van der Waals surface area contributed by atoms with Crippen LogP contribution in [0.5, 0.6) is 0 Å². The van der Waals surface area contributed by atoms with Crippen LogP contribution in [0.4, 0.5) is 0 Å². The number of aryl methyl sites for hydroxylation is 1. The van der Waals surface area contributed by atoms with Gasteiger partial charge in [0, 0.05) is 19.6 Å². The third kappa shape index (κ3) is 3.17. The minimum atomic E-state index is 0. The largest absolute Gasteiger partial charge is 0.339 e. The topological polar surface area (TPSA) is 68.2 Å². The van der Waals surface area contributed by atoms with Crippen molar-refractivity contribution in [3.8, 4) is 0 Å². The van der Waals surface area contributed by atoms with Crippen LogP contribution >= 0.6 is 12.4 Å². The van der Waals surface area contributed by atoms with Gasteiger partial charge in [-0.05, 0) is 26.3 Å². The first-order valence-corrected chi connectivity index (χ1v) is 5.52. The highest BCUT2D eigenvalue weighted by Crippen LogP contribution is 2.25. The first kappa shape index (κ1) is 13.4. The van der Waals surface area contributed by atoms with Crippen LogP contribution in [0.25, 0.3) is 0 Å². The number of hydrogen-bond donors (Lipinski definition) is 1. The van der Waals surface area contributed by atoms with Crippen LogP contribution in [-0.2, 0) is 0 Å². The van der Waals surface area contributed by atoms with E-state index in [0.717, 1.165) is 44.3 Å². The van der Waals surface area contributed by atoms with Crippen LogP contribution in [0.1, 0.15) is 30.5 Å². The van der Waals surface area contributed by atoms with Gasteiger partial charge in [0.2, 0.25) is 5.89 Å². The maximum Gasteiger partial charge on any atom is 0.231 e. The molecule has 0 spiro atoms. The number of likely N-dealkylation sites (tertiary alicyclic amines) is 1. The lowest BCUT2D eigenvalue weighted by molar-refractivity contribution is 0.191. The molecule has 1 atom stereocenters. The van der Waals surface area contributed by atoms with E-state index >= 15 is 0 Å². The van der Waals surface area contributed by atoms with Crippen LogP contribution in [0, 0.1) is 6.92 Å². The van der Waals surface area contributed by atoms with Crippen molar-refractivity contribution >= 4 is 12.4 Å². The van der Waals surface area contributed by atoms with E-state index in [1.165, 1.54) is 6.42 Å². The average molecular weight is 247 g/mol. The van der Waals surface area contributed by atoms with E-state index in [0.29, 0.717) is 5.92 Å². The van der Waals surface area contributed by atoms with Crippen LogP contribution in [0.15, 0.2) is 4.52 Å². The first-order chi connectivity index (χ1) is 7.29. The van der Waals surface area contributed by atoms with Gasteiger partial charge >= 0.3 is 0 Å². The Hall–Kier alpha value is -0.650. The predicted molar refractivity (Wildman–Crippen MR) is 63.8 cm³/mol. The first-order valence-electron chi connectivity index (χ1n) is 5.52. The Labute approximate surface area is 102 Å². The molecule has 5 nitrogen and oxygen atoms in total. The summed E-state index contributed by atoms with van der Waals surface area (Å²) in [6, 6.07) is 0. The second-order valence-electron chi connectivity index (χ2n) is 4.11. The zero-order valence-corrected chi connectivity index (χ0v) is 10.4. The van der Waals surface area contributed by atoms with Crippen molar-refractivity contribution < 1.29 is 4.52 Å². The lowest BCUT2D eigenvalue weighted by atomic mass is 9.98. The number of halogens is 1. The van der Waals surface area contributed by atoms with Gasteiger partial charge in [-0.2, -0.15) is 4.98 Å². The maximum atomic E-state index is 5.55. The monoisotopic (exact) mass is 246 g/mol. The Balaban J connectivity index is 0.00000128. The van der Waals surface area contributed by atoms with Crippen molar-refractivity contribution in [3.05, 3.63) is 11.7 Å². The van der Waals surface area contributed by atoms with Gasteiger partial charge < -0.3 is 15.2 Å². The summed E-state index contributed by atoms with van der Waals surface area (Å²) in [4.78, 5) is 6.66. The molecule has 16 heavy (non-hydrogen) atoms. The summed E-state index contributed by atoms with van der Waals surface area (Å²) in [6.07, 6.45) is 2.33. The minimum absolute atomic E-state index is 0.